The average Bonchev–Trinajstić information content (AvgIpc) is 3.24. The number of halogens is 1. The molecule has 5 nitrogen and oxygen atoms in total. The molecule has 1 aliphatic rings. The van der Waals surface area contributed by atoms with Crippen molar-refractivity contribution in [1.82, 2.24) is 10.3 Å². The summed E-state index contributed by atoms with van der Waals surface area (Å²) in [6.45, 7) is 2.64. The van der Waals surface area contributed by atoms with Crippen LogP contribution in [0.25, 0.3) is 11.1 Å². The van der Waals surface area contributed by atoms with E-state index in [1.807, 2.05) is 12.3 Å². The topological polar surface area (TPSA) is 60.5 Å². The molecule has 1 aromatic heterocycles. The van der Waals surface area contributed by atoms with Crippen molar-refractivity contribution in [3.8, 4) is 22.6 Å². The van der Waals surface area contributed by atoms with E-state index in [9.17, 15) is 9.18 Å². The lowest BCUT2D eigenvalue weighted by Crippen LogP contribution is -2.12. The highest BCUT2D eigenvalue weighted by atomic mass is 32.1. The first kappa shape index (κ1) is 17.5. The van der Waals surface area contributed by atoms with Crippen molar-refractivity contribution in [2.24, 2.45) is 0 Å². The quantitative estimate of drug-likeness (QED) is 0.720. The standard InChI is InChI=1S/C20H17FN2O3S/c1-11-23-13(10-27-11)9-26-19-5-12-8-22-20(24)16(12)7-17(19)15-4-3-14(25-2)6-18(15)21/h3-7,10H,8-9H2,1-2H3,(H,22,24). The molecule has 4 rings (SSSR count). The number of carbonyl (C=O) groups excluding carboxylic acids is 1. The highest BCUT2D eigenvalue weighted by molar-refractivity contribution is 7.09. The zero-order valence-electron chi connectivity index (χ0n) is 14.8. The van der Waals surface area contributed by atoms with E-state index in [0.29, 0.717) is 34.7 Å². The fraction of sp³-hybridized carbons (Fsp3) is 0.200. The number of amides is 1. The molecule has 1 N–H and O–H groups in total. The highest BCUT2D eigenvalue weighted by Gasteiger charge is 2.23. The van der Waals surface area contributed by atoms with Crippen LogP contribution in [0.1, 0.15) is 26.6 Å². The molecule has 0 aliphatic carbocycles. The summed E-state index contributed by atoms with van der Waals surface area (Å²) in [5.41, 5.74) is 3.06. The molecule has 0 spiro atoms. The Labute approximate surface area is 159 Å². The molecule has 138 valence electrons. The molecule has 27 heavy (non-hydrogen) atoms. The second-order valence-corrected chi connectivity index (χ2v) is 7.24. The molecule has 3 aromatic rings. The van der Waals surface area contributed by atoms with E-state index < -0.39 is 5.82 Å². The van der Waals surface area contributed by atoms with Crippen LogP contribution in [0.3, 0.4) is 0 Å². The van der Waals surface area contributed by atoms with Crippen LogP contribution < -0.4 is 14.8 Å². The number of fused-ring (bicyclic) bond motifs is 1. The van der Waals surface area contributed by atoms with E-state index in [0.717, 1.165) is 16.3 Å². The Morgan fingerprint density at radius 2 is 2.07 bits per heavy atom. The van der Waals surface area contributed by atoms with Gasteiger partial charge in [-0.2, -0.15) is 0 Å². The summed E-state index contributed by atoms with van der Waals surface area (Å²) in [4.78, 5) is 16.4. The number of nitrogens with one attached hydrogen (secondary N) is 1. The zero-order chi connectivity index (χ0) is 19.0. The predicted molar refractivity (Wildman–Crippen MR) is 101 cm³/mol. The van der Waals surface area contributed by atoms with Gasteiger partial charge in [0.25, 0.3) is 5.91 Å². The Morgan fingerprint density at radius 1 is 1.22 bits per heavy atom. The molecule has 1 amide bonds. The van der Waals surface area contributed by atoms with Crippen LogP contribution in [0.15, 0.2) is 35.7 Å². The lowest BCUT2D eigenvalue weighted by atomic mass is 9.98. The summed E-state index contributed by atoms with van der Waals surface area (Å²) in [7, 11) is 1.48. The van der Waals surface area contributed by atoms with Gasteiger partial charge in [0.05, 0.1) is 17.8 Å². The molecular formula is C20H17FN2O3S. The van der Waals surface area contributed by atoms with Crippen molar-refractivity contribution in [1.29, 1.82) is 0 Å². The molecule has 2 heterocycles. The Kier molecular flexibility index (Phi) is 4.53. The molecule has 0 fully saturated rings. The van der Waals surface area contributed by atoms with Gasteiger partial charge in [0.15, 0.2) is 0 Å². The molecule has 2 aromatic carbocycles. The van der Waals surface area contributed by atoms with Crippen molar-refractivity contribution in [3.05, 3.63) is 63.4 Å². The Bertz CT molecular complexity index is 1030. The minimum absolute atomic E-state index is 0.165. The van der Waals surface area contributed by atoms with Gasteiger partial charge in [-0.3, -0.25) is 4.79 Å². The van der Waals surface area contributed by atoms with Gasteiger partial charge in [0.1, 0.15) is 23.9 Å². The maximum absolute atomic E-state index is 14.7. The predicted octanol–water partition coefficient (Wildman–Crippen LogP) is 4.09. The summed E-state index contributed by atoms with van der Waals surface area (Å²) in [6, 6.07) is 8.10. The smallest absolute Gasteiger partial charge is 0.251 e. The van der Waals surface area contributed by atoms with Crippen LogP contribution in [-0.2, 0) is 13.2 Å². The highest BCUT2D eigenvalue weighted by Crippen LogP contribution is 2.37. The van der Waals surface area contributed by atoms with Gasteiger partial charge in [0, 0.05) is 34.7 Å². The number of thiazole rings is 1. The van der Waals surface area contributed by atoms with E-state index in [1.165, 1.54) is 13.2 Å². The minimum Gasteiger partial charge on any atom is -0.497 e. The first-order valence-corrected chi connectivity index (χ1v) is 9.26. The molecule has 0 bridgehead atoms. The number of benzene rings is 2. The largest absolute Gasteiger partial charge is 0.497 e. The normalized spacial score (nSPS) is 12.6. The van der Waals surface area contributed by atoms with E-state index in [1.54, 1.807) is 35.6 Å². The second kappa shape index (κ2) is 7.00. The summed E-state index contributed by atoms with van der Waals surface area (Å²) in [5, 5.41) is 5.67. The molecule has 0 radical (unpaired) electrons. The Morgan fingerprint density at radius 3 is 2.78 bits per heavy atom. The van der Waals surface area contributed by atoms with Gasteiger partial charge < -0.3 is 14.8 Å². The number of hydrogen-bond acceptors (Lipinski definition) is 5. The molecule has 7 heteroatoms. The summed E-state index contributed by atoms with van der Waals surface area (Å²) < 4.78 is 25.7. The SMILES string of the molecule is COc1ccc(-c2cc3c(cc2OCc2csc(C)n2)CNC3=O)c(F)c1. The molecule has 0 saturated carbocycles. The number of hydrogen-bond donors (Lipinski definition) is 1. The number of nitrogens with zero attached hydrogens (tertiary/aromatic N) is 1. The fourth-order valence-electron chi connectivity index (χ4n) is 3.05. The third kappa shape index (κ3) is 3.38. The number of carbonyl (C=O) groups is 1. The molecular weight excluding hydrogens is 367 g/mol. The number of methoxy groups -OCH3 is 1. The van der Waals surface area contributed by atoms with E-state index in [-0.39, 0.29) is 12.5 Å². The van der Waals surface area contributed by atoms with Crippen molar-refractivity contribution in [3.63, 3.8) is 0 Å². The minimum atomic E-state index is -0.443. The van der Waals surface area contributed by atoms with Gasteiger partial charge >= 0.3 is 0 Å². The maximum Gasteiger partial charge on any atom is 0.251 e. The summed E-state index contributed by atoms with van der Waals surface area (Å²) in [6.07, 6.45) is 0. The Balaban J connectivity index is 1.76. The van der Waals surface area contributed by atoms with Crippen molar-refractivity contribution >= 4 is 17.2 Å². The number of aryl methyl sites for hydroxylation is 1. The van der Waals surface area contributed by atoms with Crippen LogP contribution in [0.2, 0.25) is 0 Å². The van der Waals surface area contributed by atoms with Crippen LogP contribution in [0.5, 0.6) is 11.5 Å². The Hall–Kier alpha value is -2.93. The molecule has 0 unspecified atom stereocenters. The van der Waals surface area contributed by atoms with Gasteiger partial charge in [-0.05, 0) is 36.8 Å². The summed E-state index contributed by atoms with van der Waals surface area (Å²) in [5.74, 6) is 0.333. The second-order valence-electron chi connectivity index (χ2n) is 6.18. The van der Waals surface area contributed by atoms with Gasteiger partial charge in [-0.25, -0.2) is 9.37 Å². The third-order valence-corrected chi connectivity index (χ3v) is 5.22. The monoisotopic (exact) mass is 384 g/mol. The van der Waals surface area contributed by atoms with Crippen molar-refractivity contribution in [2.75, 3.05) is 7.11 Å². The lowest BCUT2D eigenvalue weighted by molar-refractivity contribution is 0.0966. The fourth-order valence-corrected chi connectivity index (χ4v) is 3.64. The lowest BCUT2D eigenvalue weighted by Gasteiger charge is -2.14. The van der Waals surface area contributed by atoms with Crippen LogP contribution >= 0.6 is 11.3 Å². The summed E-state index contributed by atoms with van der Waals surface area (Å²) >= 11 is 1.55. The van der Waals surface area contributed by atoms with Gasteiger partial charge in [-0.1, -0.05) is 0 Å². The first-order valence-electron chi connectivity index (χ1n) is 8.38. The maximum atomic E-state index is 14.7. The van der Waals surface area contributed by atoms with E-state index in [2.05, 4.69) is 10.3 Å². The zero-order valence-corrected chi connectivity index (χ0v) is 15.7. The van der Waals surface area contributed by atoms with E-state index in [4.69, 9.17) is 9.47 Å². The van der Waals surface area contributed by atoms with E-state index >= 15 is 0 Å². The molecule has 0 saturated heterocycles. The number of aromatic nitrogens is 1. The first-order chi connectivity index (χ1) is 13.0. The average molecular weight is 384 g/mol. The number of ether oxygens (including phenoxy) is 2. The molecule has 1 aliphatic heterocycles. The van der Waals surface area contributed by atoms with Crippen LogP contribution in [-0.4, -0.2) is 18.0 Å². The number of rotatable bonds is 5. The van der Waals surface area contributed by atoms with Gasteiger partial charge in [0.2, 0.25) is 0 Å². The van der Waals surface area contributed by atoms with Crippen molar-refractivity contribution < 1.29 is 18.7 Å². The van der Waals surface area contributed by atoms with Crippen molar-refractivity contribution in [2.45, 2.75) is 20.1 Å². The van der Waals surface area contributed by atoms with Crippen LogP contribution in [0.4, 0.5) is 4.39 Å². The molecule has 0 atom stereocenters. The third-order valence-electron chi connectivity index (χ3n) is 4.40. The van der Waals surface area contributed by atoms with Crippen LogP contribution in [0, 0.1) is 12.7 Å². The van der Waals surface area contributed by atoms with Gasteiger partial charge in [-0.15, -0.1) is 11.3 Å².